The summed E-state index contributed by atoms with van der Waals surface area (Å²) in [5.74, 6) is 0.279. The molecule has 0 spiro atoms. The molecule has 1 N–H and O–H groups in total. The van der Waals surface area contributed by atoms with Gasteiger partial charge in [0.2, 0.25) is 5.95 Å². The second-order valence-corrected chi connectivity index (χ2v) is 6.99. The van der Waals surface area contributed by atoms with Gasteiger partial charge in [0.15, 0.2) is 0 Å². The van der Waals surface area contributed by atoms with Crippen molar-refractivity contribution in [1.82, 2.24) is 15.3 Å². The highest BCUT2D eigenvalue weighted by atomic mass is 16.5. The SMILES string of the molecule is O=C(NCC1CCCO1)c1ccnc(N(Cc2ccccc2)c2ccccc2)n1. The summed E-state index contributed by atoms with van der Waals surface area (Å²) < 4.78 is 5.57. The molecule has 0 bridgehead atoms. The van der Waals surface area contributed by atoms with Crippen LogP contribution < -0.4 is 10.2 Å². The molecule has 1 aromatic heterocycles. The van der Waals surface area contributed by atoms with Gasteiger partial charge < -0.3 is 15.0 Å². The summed E-state index contributed by atoms with van der Waals surface area (Å²) in [7, 11) is 0. The second-order valence-electron chi connectivity index (χ2n) is 6.99. The maximum atomic E-state index is 12.6. The zero-order valence-corrected chi connectivity index (χ0v) is 16.2. The Morgan fingerprint density at radius 1 is 1.07 bits per heavy atom. The van der Waals surface area contributed by atoms with Crippen molar-refractivity contribution in [2.75, 3.05) is 18.1 Å². The number of amides is 1. The molecule has 6 heteroatoms. The molecule has 6 nitrogen and oxygen atoms in total. The lowest BCUT2D eigenvalue weighted by Crippen LogP contribution is -2.32. The highest BCUT2D eigenvalue weighted by Gasteiger charge is 2.19. The van der Waals surface area contributed by atoms with E-state index in [0.29, 0.717) is 24.7 Å². The van der Waals surface area contributed by atoms with Crippen LogP contribution in [0.4, 0.5) is 11.6 Å². The number of aromatic nitrogens is 2. The minimum atomic E-state index is -0.211. The van der Waals surface area contributed by atoms with Crippen molar-refractivity contribution in [3.8, 4) is 0 Å². The molecule has 4 rings (SSSR count). The minimum absolute atomic E-state index is 0.0964. The van der Waals surface area contributed by atoms with Crippen molar-refractivity contribution in [2.24, 2.45) is 0 Å². The number of hydrogen-bond acceptors (Lipinski definition) is 5. The van der Waals surface area contributed by atoms with Gasteiger partial charge in [0, 0.05) is 25.0 Å². The van der Waals surface area contributed by atoms with E-state index in [4.69, 9.17) is 4.74 Å². The largest absolute Gasteiger partial charge is 0.376 e. The van der Waals surface area contributed by atoms with Crippen molar-refractivity contribution in [1.29, 1.82) is 0 Å². The van der Waals surface area contributed by atoms with Crippen LogP contribution in [-0.4, -0.2) is 35.1 Å². The van der Waals surface area contributed by atoms with Gasteiger partial charge in [-0.15, -0.1) is 0 Å². The van der Waals surface area contributed by atoms with Gasteiger partial charge in [0.25, 0.3) is 5.91 Å². The molecule has 0 saturated carbocycles. The Balaban J connectivity index is 1.55. The molecule has 1 unspecified atom stereocenters. The third-order valence-corrected chi connectivity index (χ3v) is 4.88. The molecule has 1 saturated heterocycles. The van der Waals surface area contributed by atoms with E-state index in [1.54, 1.807) is 12.3 Å². The average Bonchev–Trinajstić information content (AvgIpc) is 3.31. The Labute approximate surface area is 170 Å². The van der Waals surface area contributed by atoms with Crippen molar-refractivity contribution >= 4 is 17.5 Å². The van der Waals surface area contributed by atoms with Crippen LogP contribution >= 0.6 is 0 Å². The number of hydrogen-bond donors (Lipinski definition) is 1. The fraction of sp³-hybridized carbons (Fsp3) is 0.261. The van der Waals surface area contributed by atoms with E-state index < -0.39 is 0 Å². The van der Waals surface area contributed by atoms with Crippen molar-refractivity contribution in [2.45, 2.75) is 25.5 Å². The number of anilines is 2. The zero-order chi connectivity index (χ0) is 19.9. The van der Waals surface area contributed by atoms with E-state index >= 15 is 0 Å². The van der Waals surface area contributed by atoms with Gasteiger partial charge in [-0.2, -0.15) is 0 Å². The lowest BCUT2D eigenvalue weighted by Gasteiger charge is -2.23. The van der Waals surface area contributed by atoms with Crippen molar-refractivity contribution in [3.63, 3.8) is 0 Å². The molecular weight excluding hydrogens is 364 g/mol. The number of ether oxygens (including phenoxy) is 1. The normalized spacial score (nSPS) is 15.8. The van der Waals surface area contributed by atoms with Gasteiger partial charge in [-0.25, -0.2) is 9.97 Å². The molecule has 1 aliphatic rings. The number of para-hydroxylation sites is 1. The first-order chi connectivity index (χ1) is 14.3. The maximum absolute atomic E-state index is 12.6. The summed E-state index contributed by atoms with van der Waals surface area (Å²) in [6, 6.07) is 21.7. The molecule has 1 amide bonds. The quantitative estimate of drug-likeness (QED) is 0.668. The first-order valence-corrected chi connectivity index (χ1v) is 9.89. The van der Waals surface area contributed by atoms with Gasteiger partial charge in [0.1, 0.15) is 5.69 Å². The fourth-order valence-electron chi connectivity index (χ4n) is 3.36. The number of carbonyl (C=O) groups is 1. The molecule has 3 aromatic rings. The number of nitrogens with zero attached hydrogens (tertiary/aromatic N) is 3. The van der Waals surface area contributed by atoms with Gasteiger partial charge in [0.05, 0.1) is 12.6 Å². The number of benzene rings is 2. The zero-order valence-electron chi connectivity index (χ0n) is 16.2. The third kappa shape index (κ3) is 4.97. The van der Waals surface area contributed by atoms with Crippen LogP contribution in [0.2, 0.25) is 0 Å². The monoisotopic (exact) mass is 388 g/mol. The summed E-state index contributed by atoms with van der Waals surface area (Å²) >= 11 is 0. The first-order valence-electron chi connectivity index (χ1n) is 9.89. The minimum Gasteiger partial charge on any atom is -0.376 e. The highest BCUT2D eigenvalue weighted by Crippen LogP contribution is 2.24. The van der Waals surface area contributed by atoms with Crippen LogP contribution in [0.1, 0.15) is 28.9 Å². The summed E-state index contributed by atoms with van der Waals surface area (Å²) in [4.78, 5) is 23.6. The Kier molecular flexibility index (Phi) is 6.12. The third-order valence-electron chi connectivity index (χ3n) is 4.88. The molecule has 2 aromatic carbocycles. The molecular formula is C23H24N4O2. The Hall–Kier alpha value is -3.25. The topological polar surface area (TPSA) is 67.3 Å². The lowest BCUT2D eigenvalue weighted by molar-refractivity contribution is 0.0853. The molecule has 2 heterocycles. The molecule has 0 aliphatic carbocycles. The van der Waals surface area contributed by atoms with Crippen LogP contribution in [-0.2, 0) is 11.3 Å². The van der Waals surface area contributed by atoms with Gasteiger partial charge in [-0.3, -0.25) is 4.79 Å². The number of carbonyl (C=O) groups excluding carboxylic acids is 1. The highest BCUT2D eigenvalue weighted by molar-refractivity contribution is 5.92. The summed E-state index contributed by atoms with van der Waals surface area (Å²) in [5.41, 5.74) is 2.45. The molecule has 148 valence electrons. The van der Waals surface area contributed by atoms with Crippen LogP contribution in [0, 0.1) is 0 Å². The van der Waals surface area contributed by atoms with E-state index in [1.165, 1.54) is 0 Å². The Morgan fingerprint density at radius 3 is 2.55 bits per heavy atom. The second kappa shape index (κ2) is 9.30. The van der Waals surface area contributed by atoms with E-state index in [9.17, 15) is 4.79 Å². The number of nitrogens with one attached hydrogen (secondary N) is 1. The Bertz CT molecular complexity index is 928. The summed E-state index contributed by atoms with van der Waals surface area (Å²) in [6.07, 6.45) is 3.75. The molecule has 1 atom stereocenters. The van der Waals surface area contributed by atoms with Crippen LogP contribution in [0.25, 0.3) is 0 Å². The molecule has 1 fully saturated rings. The smallest absolute Gasteiger partial charge is 0.270 e. The summed E-state index contributed by atoms with van der Waals surface area (Å²) in [5, 5.41) is 2.92. The Morgan fingerprint density at radius 2 is 1.83 bits per heavy atom. The van der Waals surface area contributed by atoms with Crippen LogP contribution in [0.5, 0.6) is 0 Å². The summed E-state index contributed by atoms with van der Waals surface area (Å²) in [6.45, 7) is 1.88. The van der Waals surface area contributed by atoms with E-state index in [2.05, 4.69) is 27.4 Å². The van der Waals surface area contributed by atoms with Crippen LogP contribution in [0.15, 0.2) is 72.9 Å². The lowest BCUT2D eigenvalue weighted by atomic mass is 10.2. The van der Waals surface area contributed by atoms with E-state index in [0.717, 1.165) is 30.7 Å². The first kappa shape index (κ1) is 19.1. The molecule has 0 radical (unpaired) electrons. The maximum Gasteiger partial charge on any atom is 0.270 e. The van der Waals surface area contributed by atoms with Gasteiger partial charge in [-0.05, 0) is 36.6 Å². The average molecular weight is 388 g/mol. The molecule has 29 heavy (non-hydrogen) atoms. The van der Waals surface area contributed by atoms with Crippen molar-refractivity contribution < 1.29 is 9.53 Å². The predicted molar refractivity (Wildman–Crippen MR) is 112 cm³/mol. The van der Waals surface area contributed by atoms with Crippen LogP contribution in [0.3, 0.4) is 0 Å². The van der Waals surface area contributed by atoms with Gasteiger partial charge in [-0.1, -0.05) is 48.5 Å². The standard InChI is InChI=1S/C23H24N4O2/c28-22(25-16-20-12-7-15-29-20)21-13-14-24-23(26-21)27(19-10-5-2-6-11-19)17-18-8-3-1-4-9-18/h1-6,8-11,13-14,20H,7,12,15-17H2,(H,25,28). The fourth-order valence-corrected chi connectivity index (χ4v) is 3.36. The van der Waals surface area contributed by atoms with E-state index in [-0.39, 0.29) is 12.0 Å². The van der Waals surface area contributed by atoms with Crippen molar-refractivity contribution in [3.05, 3.63) is 84.2 Å². The molecule has 1 aliphatic heterocycles. The predicted octanol–water partition coefficient (Wildman–Crippen LogP) is 3.72. The van der Waals surface area contributed by atoms with E-state index in [1.807, 2.05) is 53.4 Å². The number of rotatable bonds is 7. The van der Waals surface area contributed by atoms with Gasteiger partial charge >= 0.3 is 0 Å².